The van der Waals surface area contributed by atoms with Crippen LogP contribution in [0, 0.1) is 19.7 Å². The molecule has 120 valence electrons. The molecule has 0 aliphatic rings. The Morgan fingerprint density at radius 3 is 2.61 bits per heavy atom. The average Bonchev–Trinajstić information content (AvgIpc) is 2.94. The molecule has 0 bridgehead atoms. The van der Waals surface area contributed by atoms with Gasteiger partial charge in [0.15, 0.2) is 5.65 Å². The number of hydrogen-bond donors (Lipinski definition) is 1. The monoisotopic (exact) mass is 355 g/mol. The Bertz CT molecular complexity index is 1020. The zero-order chi connectivity index (χ0) is 16.8. The Labute approximate surface area is 136 Å². The first kappa shape index (κ1) is 15.6. The minimum Gasteiger partial charge on any atom is -0.274 e. The highest BCUT2D eigenvalue weighted by atomic mass is 35.5. The van der Waals surface area contributed by atoms with E-state index in [2.05, 4.69) is 19.8 Å². The molecule has 0 radical (unpaired) electrons. The smallest absolute Gasteiger partial charge is 0.274 e. The lowest BCUT2D eigenvalue weighted by Gasteiger charge is -2.05. The number of benzene rings is 1. The van der Waals surface area contributed by atoms with Crippen LogP contribution in [0.15, 0.2) is 29.4 Å². The van der Waals surface area contributed by atoms with Gasteiger partial charge in [0.1, 0.15) is 16.7 Å². The second-order valence-corrected chi connectivity index (χ2v) is 6.73. The van der Waals surface area contributed by atoms with Gasteiger partial charge < -0.3 is 0 Å². The van der Waals surface area contributed by atoms with Gasteiger partial charge in [0.05, 0.1) is 11.4 Å². The van der Waals surface area contributed by atoms with Gasteiger partial charge in [-0.05, 0) is 26.0 Å². The van der Waals surface area contributed by atoms with Gasteiger partial charge in [-0.3, -0.25) is 4.72 Å². The molecule has 0 aliphatic carbocycles. The summed E-state index contributed by atoms with van der Waals surface area (Å²) in [4.78, 5) is 8.09. The van der Waals surface area contributed by atoms with Crippen molar-refractivity contribution >= 4 is 33.0 Å². The standard InChI is InChI=1S/C13H11ClFN5O2S/c1-7-11(14)12-17-13(18-20(12)8(2)16-7)23(21,22)19-10-6-4-3-5-9(10)15/h3-6,19H,1-2H3. The van der Waals surface area contributed by atoms with Gasteiger partial charge in [-0.15, -0.1) is 5.10 Å². The SMILES string of the molecule is Cc1nc(C)n2nc(S(=O)(=O)Nc3ccccc3F)nc2c1Cl. The summed E-state index contributed by atoms with van der Waals surface area (Å²) in [6, 6.07) is 5.40. The Morgan fingerprint density at radius 1 is 1.22 bits per heavy atom. The highest BCUT2D eigenvalue weighted by Gasteiger charge is 2.24. The van der Waals surface area contributed by atoms with Crippen molar-refractivity contribution < 1.29 is 12.8 Å². The summed E-state index contributed by atoms with van der Waals surface area (Å²) in [5.74, 6) is -0.270. The van der Waals surface area contributed by atoms with Crippen LogP contribution in [0.5, 0.6) is 0 Å². The number of fused-ring (bicyclic) bond motifs is 1. The van der Waals surface area contributed by atoms with E-state index in [-0.39, 0.29) is 16.4 Å². The van der Waals surface area contributed by atoms with E-state index in [1.165, 1.54) is 22.7 Å². The third-order valence-corrected chi connectivity index (χ3v) is 4.68. The molecule has 2 aromatic heterocycles. The van der Waals surface area contributed by atoms with Crippen molar-refractivity contribution in [1.82, 2.24) is 19.6 Å². The van der Waals surface area contributed by atoms with E-state index in [1.807, 2.05) is 0 Å². The van der Waals surface area contributed by atoms with Gasteiger partial charge in [0.25, 0.3) is 15.2 Å². The lowest BCUT2D eigenvalue weighted by atomic mass is 10.3. The molecule has 0 saturated carbocycles. The molecular weight excluding hydrogens is 345 g/mol. The molecule has 7 nitrogen and oxygen atoms in total. The second kappa shape index (κ2) is 5.43. The average molecular weight is 356 g/mol. The Morgan fingerprint density at radius 2 is 1.91 bits per heavy atom. The van der Waals surface area contributed by atoms with Crippen molar-refractivity contribution in [3.8, 4) is 0 Å². The molecule has 0 unspecified atom stereocenters. The van der Waals surface area contributed by atoms with Crippen molar-refractivity contribution in [3.05, 3.63) is 46.6 Å². The first-order valence-corrected chi connectivity index (χ1v) is 8.32. The molecule has 0 atom stereocenters. The second-order valence-electron chi connectivity index (χ2n) is 4.77. The van der Waals surface area contributed by atoms with Crippen LogP contribution in [0.25, 0.3) is 5.65 Å². The topological polar surface area (TPSA) is 89.3 Å². The lowest BCUT2D eigenvalue weighted by Crippen LogP contribution is -2.15. The van der Waals surface area contributed by atoms with Crippen LogP contribution < -0.4 is 4.72 Å². The molecule has 0 spiro atoms. The van der Waals surface area contributed by atoms with Crippen molar-refractivity contribution in [2.45, 2.75) is 19.0 Å². The minimum absolute atomic E-state index is 0.172. The van der Waals surface area contributed by atoms with E-state index < -0.39 is 21.0 Å². The van der Waals surface area contributed by atoms with Crippen LogP contribution in [-0.2, 0) is 10.0 Å². The van der Waals surface area contributed by atoms with Crippen molar-refractivity contribution in [2.24, 2.45) is 0 Å². The number of nitrogens with zero attached hydrogens (tertiary/aromatic N) is 4. The zero-order valence-corrected chi connectivity index (χ0v) is 13.7. The fraction of sp³-hybridized carbons (Fsp3) is 0.154. The summed E-state index contributed by atoms with van der Waals surface area (Å²) >= 11 is 6.09. The number of aryl methyl sites for hydroxylation is 2. The summed E-state index contributed by atoms with van der Waals surface area (Å²) in [6.07, 6.45) is 0. The van der Waals surface area contributed by atoms with Crippen molar-refractivity contribution in [3.63, 3.8) is 0 Å². The molecule has 0 saturated heterocycles. The summed E-state index contributed by atoms with van der Waals surface area (Å²) in [7, 11) is -4.16. The number of anilines is 1. The summed E-state index contributed by atoms with van der Waals surface area (Å²) in [5, 5.41) is 3.59. The predicted molar refractivity (Wildman–Crippen MR) is 82.5 cm³/mol. The molecule has 1 aromatic carbocycles. The van der Waals surface area contributed by atoms with Crippen LogP contribution in [0.1, 0.15) is 11.5 Å². The Hall–Kier alpha value is -2.26. The van der Waals surface area contributed by atoms with E-state index in [9.17, 15) is 12.8 Å². The molecule has 0 amide bonds. The van der Waals surface area contributed by atoms with Gasteiger partial charge >= 0.3 is 0 Å². The number of nitrogens with one attached hydrogen (secondary N) is 1. The van der Waals surface area contributed by atoms with Crippen LogP contribution >= 0.6 is 11.6 Å². The van der Waals surface area contributed by atoms with Crippen molar-refractivity contribution in [2.75, 3.05) is 4.72 Å². The van der Waals surface area contributed by atoms with E-state index >= 15 is 0 Å². The third kappa shape index (κ3) is 2.73. The third-order valence-electron chi connectivity index (χ3n) is 3.10. The number of halogens is 2. The predicted octanol–water partition coefficient (Wildman–Crippen LogP) is 2.33. The van der Waals surface area contributed by atoms with Crippen LogP contribution in [0.3, 0.4) is 0 Å². The molecule has 3 aromatic rings. The normalized spacial score (nSPS) is 11.8. The van der Waals surface area contributed by atoms with Gasteiger partial charge in [-0.2, -0.15) is 17.9 Å². The fourth-order valence-electron chi connectivity index (χ4n) is 2.01. The van der Waals surface area contributed by atoms with Gasteiger partial charge in [-0.1, -0.05) is 23.7 Å². The Balaban J connectivity index is 2.11. The van der Waals surface area contributed by atoms with Crippen LogP contribution in [0.4, 0.5) is 10.1 Å². The minimum atomic E-state index is -4.16. The molecule has 2 heterocycles. The first-order chi connectivity index (χ1) is 10.8. The number of hydrogen-bond acceptors (Lipinski definition) is 5. The summed E-state index contributed by atoms with van der Waals surface area (Å²) in [5.41, 5.74) is 0.490. The summed E-state index contributed by atoms with van der Waals surface area (Å²) < 4.78 is 41.7. The molecule has 0 fully saturated rings. The van der Waals surface area contributed by atoms with Gasteiger partial charge in [0.2, 0.25) is 0 Å². The van der Waals surface area contributed by atoms with E-state index in [4.69, 9.17) is 11.6 Å². The number of para-hydroxylation sites is 1. The number of aromatic nitrogens is 4. The highest BCUT2D eigenvalue weighted by molar-refractivity contribution is 7.92. The quantitative estimate of drug-likeness (QED) is 0.778. The number of rotatable bonds is 3. The molecule has 1 N–H and O–H groups in total. The maximum absolute atomic E-state index is 13.6. The largest absolute Gasteiger partial charge is 0.299 e. The molecule has 10 heteroatoms. The highest BCUT2D eigenvalue weighted by Crippen LogP contribution is 2.22. The summed E-state index contributed by atoms with van der Waals surface area (Å²) in [6.45, 7) is 3.32. The molecule has 23 heavy (non-hydrogen) atoms. The maximum Gasteiger partial charge on any atom is 0.299 e. The van der Waals surface area contributed by atoms with Crippen LogP contribution in [-0.4, -0.2) is 28.0 Å². The maximum atomic E-state index is 13.6. The van der Waals surface area contributed by atoms with E-state index in [0.717, 1.165) is 6.07 Å². The Kier molecular flexibility index (Phi) is 3.69. The van der Waals surface area contributed by atoms with E-state index in [1.54, 1.807) is 13.8 Å². The van der Waals surface area contributed by atoms with Crippen molar-refractivity contribution in [1.29, 1.82) is 0 Å². The molecule has 0 aliphatic heterocycles. The van der Waals surface area contributed by atoms with Gasteiger partial charge in [-0.25, -0.2) is 9.37 Å². The fourth-order valence-corrected chi connectivity index (χ4v) is 3.12. The molecular formula is C13H11ClFN5O2S. The van der Waals surface area contributed by atoms with Gasteiger partial charge in [0, 0.05) is 0 Å². The molecule has 3 rings (SSSR count). The van der Waals surface area contributed by atoms with Crippen LogP contribution in [0.2, 0.25) is 5.02 Å². The lowest BCUT2D eigenvalue weighted by molar-refractivity contribution is 0.589. The first-order valence-electron chi connectivity index (χ1n) is 6.46. The van der Waals surface area contributed by atoms with E-state index in [0.29, 0.717) is 11.5 Å². The number of sulfonamides is 1. The zero-order valence-electron chi connectivity index (χ0n) is 12.1.